The summed E-state index contributed by atoms with van der Waals surface area (Å²) in [6.07, 6.45) is 0.501. The highest BCUT2D eigenvalue weighted by Crippen LogP contribution is 2.41. The summed E-state index contributed by atoms with van der Waals surface area (Å²) in [5.41, 5.74) is 2.35. The van der Waals surface area contributed by atoms with Crippen LogP contribution in [0.1, 0.15) is 17.5 Å². The summed E-state index contributed by atoms with van der Waals surface area (Å²) in [6.45, 7) is 1.25. The van der Waals surface area contributed by atoms with Gasteiger partial charge in [-0.3, -0.25) is 9.59 Å². The molecule has 4 nitrogen and oxygen atoms in total. The van der Waals surface area contributed by atoms with Crippen molar-refractivity contribution in [3.8, 4) is 0 Å². The van der Waals surface area contributed by atoms with Gasteiger partial charge in [-0.1, -0.05) is 24.3 Å². The van der Waals surface area contributed by atoms with Crippen molar-refractivity contribution in [2.75, 3.05) is 0 Å². The molecule has 0 bridgehead atoms. The van der Waals surface area contributed by atoms with Crippen LogP contribution in [0, 0.1) is 11.8 Å². The van der Waals surface area contributed by atoms with E-state index in [1.165, 1.54) is 11.1 Å². The van der Waals surface area contributed by atoms with E-state index in [2.05, 4.69) is 0 Å². The molecule has 17 heavy (non-hydrogen) atoms. The molecule has 0 aromatic heterocycles. The molecule has 2 aliphatic rings. The number of hydrogen-bond acceptors (Lipinski definition) is 2. The monoisotopic (exact) mass is 231 g/mol. The van der Waals surface area contributed by atoms with Crippen LogP contribution in [0.25, 0.3) is 0 Å². The highest BCUT2D eigenvalue weighted by Gasteiger charge is 2.50. The number of hydrogen-bond donors (Lipinski definition) is 1. The fourth-order valence-corrected chi connectivity index (χ4v) is 2.46. The zero-order valence-electron chi connectivity index (χ0n) is 9.30. The number of rotatable bonds is 2. The SMILES string of the molecule is O=C(O)[C@@H]1C[C@H]1C(=O)N1Cc2ccccc2C1. The van der Waals surface area contributed by atoms with Gasteiger partial charge in [-0.15, -0.1) is 0 Å². The molecule has 1 aliphatic heterocycles. The molecule has 1 fully saturated rings. The molecule has 4 heteroatoms. The van der Waals surface area contributed by atoms with Gasteiger partial charge in [0.15, 0.2) is 0 Å². The molecule has 3 rings (SSSR count). The lowest BCUT2D eigenvalue weighted by Crippen LogP contribution is -2.28. The third kappa shape index (κ3) is 1.69. The van der Waals surface area contributed by atoms with Crippen LogP contribution in [0.2, 0.25) is 0 Å². The maximum absolute atomic E-state index is 12.1. The smallest absolute Gasteiger partial charge is 0.307 e. The quantitative estimate of drug-likeness (QED) is 0.833. The van der Waals surface area contributed by atoms with E-state index in [1.54, 1.807) is 4.90 Å². The van der Waals surface area contributed by atoms with Gasteiger partial charge in [0.25, 0.3) is 0 Å². The Morgan fingerprint density at radius 3 is 2.18 bits per heavy atom. The van der Waals surface area contributed by atoms with Crippen LogP contribution in [-0.4, -0.2) is 21.9 Å². The number of fused-ring (bicyclic) bond motifs is 1. The Balaban J connectivity index is 1.70. The molecule has 1 amide bonds. The van der Waals surface area contributed by atoms with Gasteiger partial charge in [-0.05, 0) is 17.5 Å². The molecule has 1 N–H and O–H groups in total. The van der Waals surface area contributed by atoms with Gasteiger partial charge in [-0.2, -0.15) is 0 Å². The minimum Gasteiger partial charge on any atom is -0.481 e. The van der Waals surface area contributed by atoms with Crippen LogP contribution in [-0.2, 0) is 22.7 Å². The van der Waals surface area contributed by atoms with E-state index >= 15 is 0 Å². The topological polar surface area (TPSA) is 57.6 Å². The first kappa shape index (κ1) is 10.3. The molecular formula is C13H13NO3. The zero-order valence-corrected chi connectivity index (χ0v) is 9.30. The number of carbonyl (C=O) groups excluding carboxylic acids is 1. The molecule has 1 aliphatic carbocycles. The first-order valence-electron chi connectivity index (χ1n) is 5.75. The van der Waals surface area contributed by atoms with Crippen molar-refractivity contribution in [1.82, 2.24) is 4.90 Å². The minimum atomic E-state index is -0.847. The molecular weight excluding hydrogens is 218 g/mol. The number of benzene rings is 1. The highest BCUT2D eigenvalue weighted by molar-refractivity contribution is 5.89. The number of aliphatic carboxylic acids is 1. The molecule has 0 unspecified atom stereocenters. The first-order chi connectivity index (χ1) is 8.16. The fraction of sp³-hybridized carbons (Fsp3) is 0.385. The first-order valence-corrected chi connectivity index (χ1v) is 5.75. The third-order valence-electron chi connectivity index (χ3n) is 3.58. The highest BCUT2D eigenvalue weighted by atomic mass is 16.4. The van der Waals surface area contributed by atoms with Gasteiger partial charge in [-0.25, -0.2) is 0 Å². The van der Waals surface area contributed by atoms with Crippen molar-refractivity contribution in [1.29, 1.82) is 0 Å². The second-order valence-electron chi connectivity index (χ2n) is 4.75. The van der Waals surface area contributed by atoms with E-state index in [-0.39, 0.29) is 11.8 Å². The predicted octanol–water partition coefficient (Wildman–Crippen LogP) is 1.25. The van der Waals surface area contributed by atoms with Crippen LogP contribution >= 0.6 is 0 Å². The Bertz CT molecular complexity index is 472. The van der Waals surface area contributed by atoms with Crippen molar-refractivity contribution in [3.05, 3.63) is 35.4 Å². The van der Waals surface area contributed by atoms with Crippen LogP contribution in [0.3, 0.4) is 0 Å². The number of carbonyl (C=O) groups is 2. The molecule has 1 aromatic carbocycles. The molecule has 0 saturated heterocycles. The van der Waals surface area contributed by atoms with E-state index < -0.39 is 11.9 Å². The van der Waals surface area contributed by atoms with E-state index in [4.69, 9.17) is 5.11 Å². The predicted molar refractivity (Wildman–Crippen MR) is 59.9 cm³/mol. The zero-order chi connectivity index (χ0) is 12.0. The molecule has 1 aromatic rings. The van der Waals surface area contributed by atoms with Crippen molar-refractivity contribution in [2.24, 2.45) is 11.8 Å². The minimum absolute atomic E-state index is 0.00593. The van der Waals surface area contributed by atoms with E-state index in [0.717, 1.165) is 0 Å². The largest absolute Gasteiger partial charge is 0.481 e. The Morgan fingerprint density at radius 1 is 1.12 bits per heavy atom. The van der Waals surface area contributed by atoms with Crippen LogP contribution in [0.15, 0.2) is 24.3 Å². The lowest BCUT2D eigenvalue weighted by Gasteiger charge is -2.14. The summed E-state index contributed by atoms with van der Waals surface area (Å²) in [7, 11) is 0. The lowest BCUT2D eigenvalue weighted by molar-refractivity contribution is -0.142. The number of carboxylic acids is 1. The summed E-state index contributed by atoms with van der Waals surface area (Å²) < 4.78 is 0. The van der Waals surface area contributed by atoms with Crippen LogP contribution in [0.4, 0.5) is 0 Å². The summed E-state index contributed by atoms with van der Waals surface area (Å²) in [6, 6.07) is 7.96. The number of carboxylic acid groups (broad SMARTS) is 1. The van der Waals surface area contributed by atoms with Crippen molar-refractivity contribution in [2.45, 2.75) is 19.5 Å². The normalized spacial score (nSPS) is 25.5. The van der Waals surface area contributed by atoms with Crippen molar-refractivity contribution >= 4 is 11.9 Å². The Kier molecular flexibility index (Phi) is 2.18. The lowest BCUT2D eigenvalue weighted by atomic mass is 10.1. The Morgan fingerprint density at radius 2 is 1.71 bits per heavy atom. The van der Waals surface area contributed by atoms with E-state index in [1.807, 2.05) is 24.3 Å². The second kappa shape index (κ2) is 3.58. The van der Waals surface area contributed by atoms with Gasteiger partial charge in [0, 0.05) is 13.1 Å². The molecule has 88 valence electrons. The molecule has 2 atom stereocenters. The summed E-state index contributed by atoms with van der Waals surface area (Å²) >= 11 is 0. The maximum Gasteiger partial charge on any atom is 0.307 e. The standard InChI is InChI=1S/C13H13NO3/c15-12(10-5-11(10)13(16)17)14-6-8-3-1-2-4-9(8)7-14/h1-4,10-11H,5-7H2,(H,16,17)/t10-,11-/m1/s1. The van der Waals surface area contributed by atoms with Gasteiger partial charge < -0.3 is 10.0 Å². The van der Waals surface area contributed by atoms with Crippen molar-refractivity contribution < 1.29 is 14.7 Å². The molecule has 1 heterocycles. The van der Waals surface area contributed by atoms with Gasteiger partial charge in [0.1, 0.15) is 0 Å². The Labute approximate surface area is 98.9 Å². The molecule has 0 radical (unpaired) electrons. The summed E-state index contributed by atoms with van der Waals surface area (Å²) in [4.78, 5) is 24.6. The summed E-state index contributed by atoms with van der Waals surface area (Å²) in [5, 5.41) is 8.82. The molecule has 0 spiro atoms. The van der Waals surface area contributed by atoms with Crippen LogP contribution in [0.5, 0.6) is 0 Å². The van der Waals surface area contributed by atoms with Gasteiger partial charge in [0.05, 0.1) is 11.8 Å². The van der Waals surface area contributed by atoms with Crippen LogP contribution < -0.4 is 0 Å². The average molecular weight is 231 g/mol. The third-order valence-corrected chi connectivity index (χ3v) is 3.58. The summed E-state index contributed by atoms with van der Waals surface area (Å²) in [5.74, 6) is -1.60. The second-order valence-corrected chi connectivity index (χ2v) is 4.75. The number of amides is 1. The van der Waals surface area contributed by atoms with E-state index in [0.29, 0.717) is 19.5 Å². The van der Waals surface area contributed by atoms with Gasteiger partial charge in [0.2, 0.25) is 5.91 Å². The van der Waals surface area contributed by atoms with Crippen molar-refractivity contribution in [3.63, 3.8) is 0 Å². The maximum atomic E-state index is 12.1. The fourth-order valence-electron chi connectivity index (χ4n) is 2.46. The molecule has 1 saturated carbocycles. The van der Waals surface area contributed by atoms with Gasteiger partial charge >= 0.3 is 5.97 Å². The average Bonchev–Trinajstić information content (AvgIpc) is 3.00. The number of nitrogens with zero attached hydrogens (tertiary/aromatic N) is 1. The Hall–Kier alpha value is -1.84. The van der Waals surface area contributed by atoms with E-state index in [9.17, 15) is 9.59 Å².